The van der Waals surface area contributed by atoms with Gasteiger partial charge in [0.25, 0.3) is 0 Å². The van der Waals surface area contributed by atoms with Crippen LogP contribution in [0.5, 0.6) is 0 Å². The van der Waals surface area contributed by atoms with Gasteiger partial charge < -0.3 is 14.2 Å². The summed E-state index contributed by atoms with van der Waals surface area (Å²) < 4.78 is 104. The zero-order valence-corrected chi connectivity index (χ0v) is 11.8. The van der Waals surface area contributed by atoms with Gasteiger partial charge in [-0.3, -0.25) is 0 Å². The van der Waals surface area contributed by atoms with E-state index in [0.717, 1.165) is 0 Å². The van der Waals surface area contributed by atoms with Crippen LogP contribution >= 0.6 is 0 Å². The summed E-state index contributed by atoms with van der Waals surface area (Å²) >= 11 is 0. The molecule has 4 nitrogen and oxygen atoms in total. The summed E-state index contributed by atoms with van der Waals surface area (Å²) in [6.07, 6.45) is -9.20. The summed E-state index contributed by atoms with van der Waals surface area (Å²) in [6, 6.07) is 0. The summed E-state index contributed by atoms with van der Waals surface area (Å²) in [5, 5.41) is 0. The summed E-state index contributed by atoms with van der Waals surface area (Å²) in [5.41, 5.74) is -1.79. The van der Waals surface area contributed by atoms with Crippen molar-refractivity contribution in [3.8, 4) is 0 Å². The van der Waals surface area contributed by atoms with Crippen LogP contribution < -0.4 is 0 Å². The minimum Gasteiger partial charge on any atom is -0.463 e. The van der Waals surface area contributed by atoms with Gasteiger partial charge in [-0.05, 0) is 6.92 Å². The summed E-state index contributed by atoms with van der Waals surface area (Å²) in [7, 11) is 0. The highest BCUT2D eigenvalue weighted by atomic mass is 19.4. The molecule has 23 heavy (non-hydrogen) atoms. The van der Waals surface area contributed by atoms with Crippen molar-refractivity contribution in [2.24, 2.45) is 0 Å². The van der Waals surface area contributed by atoms with Gasteiger partial charge in [-0.15, -0.1) is 0 Å². The van der Waals surface area contributed by atoms with Crippen LogP contribution in [0.3, 0.4) is 0 Å². The monoisotopic (exact) mass is 354 g/mol. The van der Waals surface area contributed by atoms with Crippen LogP contribution in [0, 0.1) is 0 Å². The van der Waals surface area contributed by atoms with Crippen molar-refractivity contribution in [1.82, 2.24) is 0 Å². The molecule has 0 radical (unpaired) electrons. The highest BCUT2D eigenvalue weighted by molar-refractivity contribution is 5.83. The maximum Gasteiger partial charge on any atom is 0.460 e. The summed E-state index contributed by atoms with van der Waals surface area (Å²) in [6.45, 7) is 0.939. The predicted octanol–water partition coefficient (Wildman–Crippen LogP) is 3.07. The molecule has 0 atom stereocenters. The molecule has 0 aromatic rings. The van der Waals surface area contributed by atoms with Crippen LogP contribution in [0.4, 0.5) is 30.7 Å². The van der Waals surface area contributed by atoms with Crippen molar-refractivity contribution in [2.45, 2.75) is 37.7 Å². The Balaban J connectivity index is 3.17. The van der Waals surface area contributed by atoms with Gasteiger partial charge in [-0.2, -0.15) is 30.7 Å². The molecular weight excluding hydrogens is 341 g/mol. The summed E-state index contributed by atoms with van der Waals surface area (Å²) in [4.78, 5) is 11.2. The van der Waals surface area contributed by atoms with Crippen LogP contribution in [0.15, 0.2) is 11.6 Å². The molecular formula is C12H13F7O4. The molecule has 0 bridgehead atoms. The molecule has 1 fully saturated rings. The molecule has 0 aromatic heterocycles. The van der Waals surface area contributed by atoms with E-state index in [1.54, 1.807) is 0 Å². The van der Waals surface area contributed by atoms with Crippen molar-refractivity contribution >= 4 is 5.97 Å². The number of alkyl halides is 7. The number of rotatable bonds is 6. The molecule has 1 rings (SSSR count). The van der Waals surface area contributed by atoms with Crippen LogP contribution in [0.1, 0.15) is 13.3 Å². The normalized spacial score (nSPS) is 18.3. The molecule has 0 amide bonds. The fraction of sp³-hybridized carbons (Fsp3) is 0.750. The maximum atomic E-state index is 13.8. The minimum absolute atomic E-state index is 0.0431. The third-order valence-electron chi connectivity index (χ3n) is 2.81. The third kappa shape index (κ3) is 4.34. The molecule has 11 heteroatoms. The van der Waals surface area contributed by atoms with E-state index in [2.05, 4.69) is 4.74 Å². The topological polar surface area (TPSA) is 44.8 Å². The fourth-order valence-electron chi connectivity index (χ4n) is 1.69. The Morgan fingerprint density at radius 2 is 1.65 bits per heavy atom. The van der Waals surface area contributed by atoms with Crippen LogP contribution in [-0.2, 0) is 19.0 Å². The molecule has 1 aliphatic rings. The molecule has 0 saturated carbocycles. The number of halogens is 7. The van der Waals surface area contributed by atoms with E-state index in [4.69, 9.17) is 9.47 Å². The number of hydrogen-bond donors (Lipinski definition) is 0. The van der Waals surface area contributed by atoms with E-state index in [-0.39, 0.29) is 25.9 Å². The van der Waals surface area contributed by atoms with Crippen LogP contribution in [0.2, 0.25) is 0 Å². The lowest BCUT2D eigenvalue weighted by molar-refractivity contribution is -0.345. The zero-order chi connectivity index (χ0) is 17.9. The Kier molecular flexibility index (Phi) is 6.02. The fourth-order valence-corrected chi connectivity index (χ4v) is 1.69. The molecule has 1 heterocycles. The van der Waals surface area contributed by atoms with Gasteiger partial charge in [-0.25, -0.2) is 4.79 Å². The molecule has 0 aromatic carbocycles. The first-order valence-electron chi connectivity index (χ1n) is 6.36. The first kappa shape index (κ1) is 19.7. The highest BCUT2D eigenvalue weighted by Gasteiger charge is 2.74. The SMILES string of the molecule is CCOC(=O)/C=C(/CC1OCCO1)C(F)(F)C(F)(F)C(F)(F)F. The Labute approximate surface area is 126 Å². The predicted molar refractivity (Wildman–Crippen MR) is 61.0 cm³/mol. The third-order valence-corrected chi connectivity index (χ3v) is 2.81. The Hall–Kier alpha value is -1.36. The zero-order valence-electron chi connectivity index (χ0n) is 11.8. The second kappa shape index (κ2) is 7.04. The van der Waals surface area contributed by atoms with Crippen molar-refractivity contribution in [1.29, 1.82) is 0 Å². The Morgan fingerprint density at radius 1 is 1.13 bits per heavy atom. The van der Waals surface area contributed by atoms with Gasteiger partial charge in [0.1, 0.15) is 0 Å². The molecule has 0 unspecified atom stereocenters. The van der Waals surface area contributed by atoms with E-state index < -0.39 is 42.3 Å². The van der Waals surface area contributed by atoms with Gasteiger partial charge in [-0.1, -0.05) is 0 Å². The van der Waals surface area contributed by atoms with Gasteiger partial charge in [0.15, 0.2) is 6.29 Å². The summed E-state index contributed by atoms with van der Waals surface area (Å²) in [5.74, 6) is -13.5. The number of esters is 1. The average Bonchev–Trinajstić information content (AvgIpc) is 2.89. The first-order valence-corrected chi connectivity index (χ1v) is 6.36. The second-order valence-corrected chi connectivity index (χ2v) is 4.44. The first-order chi connectivity index (χ1) is 10.4. The number of ether oxygens (including phenoxy) is 3. The highest BCUT2D eigenvalue weighted by Crippen LogP contribution is 2.50. The van der Waals surface area contributed by atoms with Gasteiger partial charge in [0, 0.05) is 18.1 Å². The molecule has 134 valence electrons. The van der Waals surface area contributed by atoms with E-state index in [1.807, 2.05) is 0 Å². The van der Waals surface area contributed by atoms with E-state index in [1.165, 1.54) is 6.92 Å². The average molecular weight is 354 g/mol. The molecule has 0 N–H and O–H groups in total. The smallest absolute Gasteiger partial charge is 0.460 e. The largest absolute Gasteiger partial charge is 0.463 e. The lowest BCUT2D eigenvalue weighted by Crippen LogP contribution is -2.53. The van der Waals surface area contributed by atoms with Crippen LogP contribution in [0.25, 0.3) is 0 Å². The van der Waals surface area contributed by atoms with E-state index >= 15 is 0 Å². The van der Waals surface area contributed by atoms with Crippen LogP contribution in [-0.4, -0.2) is 50.1 Å². The molecule has 1 saturated heterocycles. The second-order valence-electron chi connectivity index (χ2n) is 4.44. The quantitative estimate of drug-likeness (QED) is 0.418. The Morgan fingerprint density at radius 3 is 2.09 bits per heavy atom. The standard InChI is InChI=1S/C12H13F7O4/c1-2-21-8(20)5-7(6-9-22-3-4-23-9)10(13,14)11(15,16)12(17,18)19/h5,9H,2-4,6H2,1H3/b7-5-. The minimum atomic E-state index is -6.51. The number of carbonyl (C=O) groups is 1. The van der Waals surface area contributed by atoms with Crippen molar-refractivity contribution in [3.63, 3.8) is 0 Å². The maximum absolute atomic E-state index is 13.8. The van der Waals surface area contributed by atoms with Gasteiger partial charge in [0.05, 0.1) is 19.8 Å². The van der Waals surface area contributed by atoms with Crippen molar-refractivity contribution < 1.29 is 49.7 Å². The van der Waals surface area contributed by atoms with Crippen molar-refractivity contribution in [3.05, 3.63) is 11.6 Å². The lowest BCUT2D eigenvalue weighted by Gasteiger charge is -2.30. The lowest BCUT2D eigenvalue weighted by atomic mass is 9.98. The van der Waals surface area contributed by atoms with Crippen molar-refractivity contribution in [2.75, 3.05) is 19.8 Å². The van der Waals surface area contributed by atoms with E-state index in [9.17, 15) is 35.5 Å². The molecule has 0 spiro atoms. The molecule has 1 aliphatic heterocycles. The number of carbonyl (C=O) groups excluding carboxylic acids is 1. The van der Waals surface area contributed by atoms with Gasteiger partial charge in [0.2, 0.25) is 0 Å². The van der Waals surface area contributed by atoms with E-state index in [0.29, 0.717) is 0 Å². The Bertz CT molecular complexity index is 453. The van der Waals surface area contributed by atoms with Gasteiger partial charge >= 0.3 is 24.0 Å². The number of hydrogen-bond acceptors (Lipinski definition) is 4. The molecule has 0 aliphatic carbocycles.